The number of rotatable bonds is 4. The van der Waals surface area contributed by atoms with Crippen molar-refractivity contribution in [2.24, 2.45) is 5.92 Å². The van der Waals surface area contributed by atoms with Gasteiger partial charge in [0.25, 0.3) is 0 Å². The van der Waals surface area contributed by atoms with Crippen molar-refractivity contribution >= 4 is 11.9 Å². The van der Waals surface area contributed by atoms with Crippen molar-refractivity contribution in [2.45, 2.75) is 58.4 Å². The van der Waals surface area contributed by atoms with Crippen molar-refractivity contribution in [3.05, 3.63) is 34.9 Å². The molecule has 1 N–H and O–H groups in total. The molecule has 1 fully saturated rings. The highest BCUT2D eigenvalue weighted by Crippen LogP contribution is 2.34. The highest BCUT2D eigenvalue weighted by atomic mass is 16.5. The van der Waals surface area contributed by atoms with Crippen LogP contribution >= 0.6 is 0 Å². The van der Waals surface area contributed by atoms with Crippen molar-refractivity contribution in [1.29, 1.82) is 0 Å². The molecule has 4 heteroatoms. The molecule has 2 rings (SSSR count). The summed E-state index contributed by atoms with van der Waals surface area (Å²) in [7, 11) is 1.39. The molecule has 126 valence electrons. The summed E-state index contributed by atoms with van der Waals surface area (Å²) in [6, 6.07) is 6.07. The van der Waals surface area contributed by atoms with E-state index in [1.807, 2.05) is 32.9 Å². The van der Waals surface area contributed by atoms with E-state index in [1.54, 1.807) is 0 Å². The molecule has 2 unspecified atom stereocenters. The van der Waals surface area contributed by atoms with Gasteiger partial charge in [-0.1, -0.05) is 43.5 Å². The third kappa shape index (κ3) is 3.74. The molecule has 4 nitrogen and oxygen atoms in total. The van der Waals surface area contributed by atoms with Gasteiger partial charge in [0.2, 0.25) is 5.91 Å². The molecule has 0 aromatic heterocycles. The van der Waals surface area contributed by atoms with E-state index in [9.17, 15) is 9.59 Å². The fourth-order valence-electron chi connectivity index (χ4n) is 3.58. The first-order valence-corrected chi connectivity index (χ1v) is 8.34. The summed E-state index contributed by atoms with van der Waals surface area (Å²) in [5, 5.41) is 3.01. The fourth-order valence-corrected chi connectivity index (χ4v) is 3.58. The number of amides is 1. The summed E-state index contributed by atoms with van der Waals surface area (Å²) in [4.78, 5) is 24.9. The van der Waals surface area contributed by atoms with E-state index in [4.69, 9.17) is 4.74 Å². The maximum absolute atomic E-state index is 12.6. The van der Waals surface area contributed by atoms with Crippen LogP contribution in [0.4, 0.5) is 0 Å². The quantitative estimate of drug-likeness (QED) is 0.868. The molecule has 1 aromatic rings. The Kier molecular flexibility index (Phi) is 5.45. The zero-order valence-electron chi connectivity index (χ0n) is 14.6. The Morgan fingerprint density at radius 3 is 2.65 bits per heavy atom. The molecule has 0 radical (unpaired) electrons. The zero-order chi connectivity index (χ0) is 17.0. The Hall–Kier alpha value is -1.84. The second-order valence-corrected chi connectivity index (χ2v) is 6.76. The summed E-state index contributed by atoms with van der Waals surface area (Å²) in [6.45, 7) is 6.06. The lowest BCUT2D eigenvalue weighted by Crippen LogP contribution is -2.60. The van der Waals surface area contributed by atoms with Crippen LogP contribution in [0.2, 0.25) is 0 Å². The minimum absolute atomic E-state index is 0.0896. The second-order valence-electron chi connectivity index (χ2n) is 6.76. The van der Waals surface area contributed by atoms with E-state index in [2.05, 4.69) is 11.4 Å². The molecule has 1 aliphatic rings. The summed E-state index contributed by atoms with van der Waals surface area (Å²) in [5.74, 6) is -0.346. The van der Waals surface area contributed by atoms with Crippen LogP contribution in [0.5, 0.6) is 0 Å². The minimum atomic E-state index is -0.872. The zero-order valence-corrected chi connectivity index (χ0v) is 14.6. The van der Waals surface area contributed by atoms with Crippen LogP contribution in [0.25, 0.3) is 0 Å². The lowest BCUT2D eigenvalue weighted by Gasteiger charge is -2.40. The number of nitrogens with one attached hydrogen (secondary N) is 1. The van der Waals surface area contributed by atoms with Gasteiger partial charge in [-0.25, -0.2) is 4.79 Å². The molecule has 1 amide bonds. The predicted molar refractivity (Wildman–Crippen MR) is 90.1 cm³/mol. The largest absolute Gasteiger partial charge is 0.467 e. The van der Waals surface area contributed by atoms with Gasteiger partial charge in [-0.05, 0) is 43.7 Å². The molecule has 1 aromatic carbocycles. The van der Waals surface area contributed by atoms with E-state index < -0.39 is 5.54 Å². The van der Waals surface area contributed by atoms with Crippen molar-refractivity contribution in [2.75, 3.05) is 7.11 Å². The van der Waals surface area contributed by atoms with Gasteiger partial charge in [0.1, 0.15) is 5.54 Å². The third-order valence-electron chi connectivity index (χ3n) is 5.06. The highest BCUT2D eigenvalue weighted by molar-refractivity contribution is 5.89. The van der Waals surface area contributed by atoms with Crippen LogP contribution in [-0.4, -0.2) is 24.5 Å². The summed E-state index contributed by atoms with van der Waals surface area (Å²) >= 11 is 0. The van der Waals surface area contributed by atoms with Gasteiger partial charge >= 0.3 is 5.97 Å². The van der Waals surface area contributed by atoms with Crippen molar-refractivity contribution < 1.29 is 14.3 Å². The molecule has 23 heavy (non-hydrogen) atoms. The lowest BCUT2D eigenvalue weighted by molar-refractivity contribution is -0.155. The van der Waals surface area contributed by atoms with Gasteiger partial charge in [0, 0.05) is 0 Å². The molecule has 2 atom stereocenters. The maximum Gasteiger partial charge on any atom is 0.331 e. The molecule has 0 heterocycles. The third-order valence-corrected chi connectivity index (χ3v) is 5.06. The van der Waals surface area contributed by atoms with E-state index in [-0.39, 0.29) is 24.2 Å². The smallest absolute Gasteiger partial charge is 0.331 e. The van der Waals surface area contributed by atoms with Gasteiger partial charge < -0.3 is 10.1 Å². The molecule has 0 aliphatic heterocycles. The van der Waals surface area contributed by atoms with Crippen molar-refractivity contribution in [3.8, 4) is 0 Å². The van der Waals surface area contributed by atoms with Gasteiger partial charge in [0.05, 0.1) is 13.5 Å². The normalized spacial score (nSPS) is 24.1. The van der Waals surface area contributed by atoms with Crippen molar-refractivity contribution in [1.82, 2.24) is 5.32 Å². The summed E-state index contributed by atoms with van der Waals surface area (Å²) < 4.78 is 5.00. The number of carbonyl (C=O) groups excluding carboxylic acids is 2. The van der Waals surface area contributed by atoms with E-state index in [0.717, 1.165) is 30.4 Å². The topological polar surface area (TPSA) is 55.4 Å². The van der Waals surface area contributed by atoms with Gasteiger partial charge in [0.15, 0.2) is 0 Å². The van der Waals surface area contributed by atoms with Crippen LogP contribution in [-0.2, 0) is 20.7 Å². The van der Waals surface area contributed by atoms with Crippen LogP contribution in [0, 0.1) is 19.8 Å². The summed E-state index contributed by atoms with van der Waals surface area (Å²) in [5.41, 5.74) is 2.40. The van der Waals surface area contributed by atoms with E-state index in [1.165, 1.54) is 12.7 Å². The van der Waals surface area contributed by atoms with E-state index >= 15 is 0 Å². The SMILES string of the molecule is COC(=O)C1(NC(=O)Cc2ccc(C)cc2C)CCCCC1C. The fraction of sp³-hybridized carbons (Fsp3) is 0.579. The number of esters is 1. The first kappa shape index (κ1) is 17.5. The number of hydrogen-bond donors (Lipinski definition) is 1. The maximum atomic E-state index is 12.6. The number of methoxy groups -OCH3 is 1. The predicted octanol–water partition coefficient (Wildman–Crippen LogP) is 3.08. The molecule has 1 saturated carbocycles. The average molecular weight is 317 g/mol. The Morgan fingerprint density at radius 1 is 1.30 bits per heavy atom. The number of carbonyl (C=O) groups is 2. The molecule has 0 bridgehead atoms. The second kappa shape index (κ2) is 7.16. The Bertz CT molecular complexity index is 596. The molecular formula is C19H27NO3. The number of aryl methyl sites for hydroxylation is 2. The minimum Gasteiger partial charge on any atom is -0.467 e. The highest BCUT2D eigenvalue weighted by Gasteiger charge is 2.47. The Balaban J connectivity index is 2.16. The standard InChI is InChI=1S/C19H27NO3/c1-13-8-9-16(14(2)11-13)12-17(21)20-19(18(22)23-4)10-6-5-7-15(19)3/h8-9,11,15H,5-7,10,12H2,1-4H3,(H,20,21). The van der Waals surface area contributed by atoms with Crippen LogP contribution in [0.1, 0.15) is 49.3 Å². The summed E-state index contributed by atoms with van der Waals surface area (Å²) in [6.07, 6.45) is 3.89. The first-order valence-electron chi connectivity index (χ1n) is 8.34. The Morgan fingerprint density at radius 2 is 2.04 bits per heavy atom. The monoisotopic (exact) mass is 317 g/mol. The Labute approximate surface area is 138 Å². The van der Waals surface area contributed by atoms with Crippen LogP contribution in [0.15, 0.2) is 18.2 Å². The number of ether oxygens (including phenoxy) is 1. The number of benzene rings is 1. The van der Waals surface area contributed by atoms with Gasteiger partial charge in [-0.15, -0.1) is 0 Å². The molecular weight excluding hydrogens is 290 g/mol. The lowest BCUT2D eigenvalue weighted by atomic mass is 9.73. The first-order chi connectivity index (χ1) is 10.9. The van der Waals surface area contributed by atoms with Crippen LogP contribution in [0.3, 0.4) is 0 Å². The van der Waals surface area contributed by atoms with Crippen molar-refractivity contribution in [3.63, 3.8) is 0 Å². The van der Waals surface area contributed by atoms with E-state index in [0.29, 0.717) is 6.42 Å². The average Bonchev–Trinajstić information content (AvgIpc) is 2.51. The molecule has 0 saturated heterocycles. The number of hydrogen-bond acceptors (Lipinski definition) is 3. The van der Waals surface area contributed by atoms with Crippen LogP contribution < -0.4 is 5.32 Å². The van der Waals surface area contributed by atoms with Gasteiger partial charge in [-0.2, -0.15) is 0 Å². The molecule has 0 spiro atoms. The van der Waals surface area contributed by atoms with Gasteiger partial charge in [-0.3, -0.25) is 4.79 Å². The molecule has 1 aliphatic carbocycles.